The van der Waals surface area contributed by atoms with Gasteiger partial charge in [-0.1, -0.05) is 26.7 Å². The van der Waals surface area contributed by atoms with E-state index in [9.17, 15) is 9.59 Å². The predicted octanol–water partition coefficient (Wildman–Crippen LogP) is 1.48. The fourth-order valence-corrected chi connectivity index (χ4v) is 3.68. The second kappa shape index (κ2) is 7.44. The molecule has 1 N–H and O–H groups in total. The molecular formula is C17H31N3O2. The zero-order valence-corrected chi connectivity index (χ0v) is 14.5. The Morgan fingerprint density at radius 2 is 1.73 bits per heavy atom. The molecule has 0 aromatic heterocycles. The third kappa shape index (κ3) is 4.00. The highest BCUT2D eigenvalue weighted by molar-refractivity contribution is 5.81. The van der Waals surface area contributed by atoms with Crippen molar-refractivity contribution in [3.63, 3.8) is 0 Å². The molecule has 2 fully saturated rings. The summed E-state index contributed by atoms with van der Waals surface area (Å²) in [7, 11) is 0. The molecule has 2 aliphatic rings. The lowest BCUT2D eigenvalue weighted by molar-refractivity contribution is -0.132. The number of nitrogens with zero attached hydrogens (tertiary/aromatic N) is 2. The summed E-state index contributed by atoms with van der Waals surface area (Å²) < 4.78 is 0. The minimum absolute atomic E-state index is 0.112. The molecule has 0 spiro atoms. The lowest BCUT2D eigenvalue weighted by atomic mass is 9.78. The van der Waals surface area contributed by atoms with Crippen LogP contribution in [0.5, 0.6) is 0 Å². The number of amides is 2. The van der Waals surface area contributed by atoms with Gasteiger partial charge < -0.3 is 10.2 Å². The normalized spacial score (nSPS) is 31.6. The van der Waals surface area contributed by atoms with Gasteiger partial charge in [0.25, 0.3) is 0 Å². The van der Waals surface area contributed by atoms with Gasteiger partial charge in [-0.05, 0) is 25.2 Å². The maximum absolute atomic E-state index is 12.5. The van der Waals surface area contributed by atoms with Crippen LogP contribution < -0.4 is 5.32 Å². The molecular weight excluding hydrogens is 278 g/mol. The quantitative estimate of drug-likeness (QED) is 0.859. The summed E-state index contributed by atoms with van der Waals surface area (Å²) in [5, 5.41) is 3.27. The van der Waals surface area contributed by atoms with Crippen molar-refractivity contribution < 1.29 is 9.59 Å². The van der Waals surface area contributed by atoms with Crippen molar-refractivity contribution in [3.05, 3.63) is 0 Å². The van der Waals surface area contributed by atoms with Gasteiger partial charge in [-0.2, -0.15) is 0 Å². The van der Waals surface area contributed by atoms with Crippen LogP contribution in [0.3, 0.4) is 0 Å². The Hall–Kier alpha value is -1.10. The highest BCUT2D eigenvalue weighted by Crippen LogP contribution is 2.29. The predicted molar refractivity (Wildman–Crippen MR) is 87.4 cm³/mol. The van der Waals surface area contributed by atoms with E-state index >= 15 is 0 Å². The van der Waals surface area contributed by atoms with Crippen LogP contribution in [0.4, 0.5) is 0 Å². The minimum atomic E-state index is -0.112. The average molecular weight is 309 g/mol. The zero-order valence-electron chi connectivity index (χ0n) is 14.5. The molecule has 2 rings (SSSR count). The van der Waals surface area contributed by atoms with Gasteiger partial charge in [0.1, 0.15) is 0 Å². The first-order valence-electron chi connectivity index (χ1n) is 8.70. The number of carbonyl (C=O) groups is 2. The van der Waals surface area contributed by atoms with E-state index < -0.39 is 0 Å². The fourth-order valence-electron chi connectivity index (χ4n) is 3.68. The van der Waals surface area contributed by atoms with Crippen LogP contribution in [0.15, 0.2) is 0 Å². The van der Waals surface area contributed by atoms with Crippen LogP contribution in [0.2, 0.25) is 0 Å². The van der Waals surface area contributed by atoms with E-state index in [0.717, 1.165) is 32.6 Å². The summed E-state index contributed by atoms with van der Waals surface area (Å²) in [5.74, 6) is 1.51. The molecule has 1 saturated heterocycles. The molecule has 0 radical (unpaired) electrons. The molecule has 0 unspecified atom stereocenters. The van der Waals surface area contributed by atoms with Gasteiger partial charge in [0.05, 0.1) is 6.04 Å². The van der Waals surface area contributed by atoms with Gasteiger partial charge in [0.15, 0.2) is 0 Å². The Bertz CT molecular complexity index is 405. The Balaban J connectivity index is 1.83. The number of hydrogen-bond donors (Lipinski definition) is 1. The zero-order chi connectivity index (χ0) is 16.3. The molecule has 2 amide bonds. The van der Waals surface area contributed by atoms with Crippen molar-refractivity contribution in [3.8, 4) is 0 Å². The maximum atomic E-state index is 12.5. The van der Waals surface area contributed by atoms with Gasteiger partial charge in [-0.15, -0.1) is 0 Å². The second-order valence-electron chi connectivity index (χ2n) is 7.10. The van der Waals surface area contributed by atoms with Crippen molar-refractivity contribution >= 4 is 11.8 Å². The van der Waals surface area contributed by atoms with Gasteiger partial charge in [-0.3, -0.25) is 14.5 Å². The Labute approximate surface area is 134 Å². The molecule has 0 aromatic rings. The molecule has 1 heterocycles. The molecule has 22 heavy (non-hydrogen) atoms. The van der Waals surface area contributed by atoms with Gasteiger partial charge in [-0.25, -0.2) is 0 Å². The van der Waals surface area contributed by atoms with Crippen LogP contribution >= 0.6 is 0 Å². The van der Waals surface area contributed by atoms with Gasteiger partial charge in [0.2, 0.25) is 11.8 Å². The van der Waals surface area contributed by atoms with E-state index in [1.807, 2.05) is 11.8 Å². The van der Waals surface area contributed by atoms with Crippen LogP contribution in [-0.2, 0) is 9.59 Å². The van der Waals surface area contributed by atoms with Gasteiger partial charge >= 0.3 is 0 Å². The number of nitrogens with one attached hydrogen (secondary N) is 1. The molecule has 4 atom stereocenters. The summed E-state index contributed by atoms with van der Waals surface area (Å²) in [6, 6.07) is 0.204. The first kappa shape index (κ1) is 17.3. The third-order valence-electron chi connectivity index (χ3n) is 5.72. The smallest absolute Gasteiger partial charge is 0.237 e. The van der Waals surface area contributed by atoms with Crippen molar-refractivity contribution in [2.75, 3.05) is 26.2 Å². The molecule has 0 aromatic carbocycles. The Morgan fingerprint density at radius 1 is 1.09 bits per heavy atom. The molecule has 126 valence electrons. The van der Waals surface area contributed by atoms with Crippen LogP contribution in [-0.4, -0.2) is 59.9 Å². The molecule has 1 aliphatic carbocycles. The molecule has 5 heteroatoms. The molecule has 5 nitrogen and oxygen atoms in total. The van der Waals surface area contributed by atoms with E-state index in [0.29, 0.717) is 17.9 Å². The Kier molecular flexibility index (Phi) is 5.84. The van der Waals surface area contributed by atoms with Gasteiger partial charge in [0, 0.05) is 39.1 Å². The molecule has 0 bridgehead atoms. The average Bonchev–Trinajstić information content (AvgIpc) is 2.51. The summed E-state index contributed by atoms with van der Waals surface area (Å²) in [6.07, 6.45) is 3.58. The standard InChI is InChI=1S/C17H31N3O2/c1-12-6-5-7-16(13(12)2)18-17(22)14(3)19-8-10-20(11-9-19)15(4)21/h12-14,16H,5-11H2,1-4H3,(H,18,22)/t12-,13+,14+,16-/m0/s1. The van der Waals surface area contributed by atoms with E-state index in [-0.39, 0.29) is 17.9 Å². The van der Waals surface area contributed by atoms with Crippen molar-refractivity contribution in [1.29, 1.82) is 0 Å². The van der Waals surface area contributed by atoms with E-state index in [1.54, 1.807) is 6.92 Å². The highest BCUT2D eigenvalue weighted by Gasteiger charge is 2.31. The lowest BCUT2D eigenvalue weighted by Crippen LogP contribution is -2.56. The summed E-state index contributed by atoms with van der Waals surface area (Å²) in [6.45, 7) is 11.1. The largest absolute Gasteiger partial charge is 0.352 e. The number of carbonyl (C=O) groups excluding carboxylic acids is 2. The maximum Gasteiger partial charge on any atom is 0.237 e. The SMILES string of the molecule is CC(=O)N1CCN([C@H](C)C(=O)N[C@H]2CCC[C@H](C)[C@H]2C)CC1. The highest BCUT2D eigenvalue weighted by atomic mass is 16.2. The van der Waals surface area contributed by atoms with E-state index in [2.05, 4.69) is 24.1 Å². The summed E-state index contributed by atoms with van der Waals surface area (Å²) >= 11 is 0. The summed E-state index contributed by atoms with van der Waals surface area (Å²) in [5.41, 5.74) is 0. The third-order valence-corrected chi connectivity index (χ3v) is 5.72. The van der Waals surface area contributed by atoms with Crippen molar-refractivity contribution in [2.24, 2.45) is 11.8 Å². The van der Waals surface area contributed by atoms with Crippen LogP contribution in [0.25, 0.3) is 0 Å². The number of piperazine rings is 1. The van der Waals surface area contributed by atoms with Crippen molar-refractivity contribution in [1.82, 2.24) is 15.1 Å². The Morgan fingerprint density at radius 3 is 2.32 bits per heavy atom. The first-order chi connectivity index (χ1) is 10.4. The monoisotopic (exact) mass is 309 g/mol. The topological polar surface area (TPSA) is 52.7 Å². The number of rotatable bonds is 3. The van der Waals surface area contributed by atoms with Crippen molar-refractivity contribution in [2.45, 2.75) is 59.0 Å². The second-order valence-corrected chi connectivity index (χ2v) is 7.10. The minimum Gasteiger partial charge on any atom is -0.352 e. The van der Waals surface area contributed by atoms with Crippen LogP contribution in [0.1, 0.15) is 47.0 Å². The molecule has 1 aliphatic heterocycles. The number of hydrogen-bond acceptors (Lipinski definition) is 3. The first-order valence-corrected chi connectivity index (χ1v) is 8.70. The van der Waals surface area contributed by atoms with Crippen LogP contribution in [0, 0.1) is 11.8 Å². The lowest BCUT2D eigenvalue weighted by Gasteiger charge is -2.39. The molecule has 1 saturated carbocycles. The van der Waals surface area contributed by atoms with E-state index in [4.69, 9.17) is 0 Å². The fraction of sp³-hybridized carbons (Fsp3) is 0.882. The summed E-state index contributed by atoms with van der Waals surface area (Å²) in [4.78, 5) is 28.0. The van der Waals surface area contributed by atoms with E-state index in [1.165, 1.54) is 12.8 Å².